The topological polar surface area (TPSA) is 84.9 Å². The van der Waals surface area contributed by atoms with Gasteiger partial charge in [0, 0.05) is 6.07 Å². The maximum Gasteiger partial charge on any atom is 0.257 e. The minimum Gasteiger partial charge on any atom is -0.497 e. The number of nitrogens with zero attached hydrogens (tertiary/aromatic N) is 1. The number of para-hydroxylation sites is 1. The van der Waals surface area contributed by atoms with Crippen molar-refractivity contribution >= 4 is 29.1 Å². The number of hydrogen-bond donors (Lipinski definition) is 1. The van der Waals surface area contributed by atoms with Gasteiger partial charge in [0.15, 0.2) is 0 Å². The van der Waals surface area contributed by atoms with E-state index in [0.717, 1.165) is 6.42 Å². The third kappa shape index (κ3) is 2.84. The zero-order valence-electron chi connectivity index (χ0n) is 18.4. The monoisotopic (exact) mass is 444 g/mol. The number of anilines is 2. The number of methoxy groups -OCH3 is 2. The fourth-order valence-electron chi connectivity index (χ4n) is 6.16. The maximum absolute atomic E-state index is 13.5. The molecule has 2 aromatic rings. The maximum atomic E-state index is 13.5. The van der Waals surface area contributed by atoms with Crippen LogP contribution in [0.15, 0.2) is 54.6 Å². The van der Waals surface area contributed by atoms with Crippen molar-refractivity contribution in [2.75, 3.05) is 24.4 Å². The van der Waals surface area contributed by atoms with E-state index in [1.807, 2.05) is 0 Å². The highest BCUT2D eigenvalue weighted by atomic mass is 16.5. The Morgan fingerprint density at radius 2 is 1.61 bits per heavy atom. The van der Waals surface area contributed by atoms with Crippen molar-refractivity contribution in [3.63, 3.8) is 0 Å². The van der Waals surface area contributed by atoms with Gasteiger partial charge in [-0.15, -0.1) is 0 Å². The standard InChI is InChI=1S/C26H24N2O5/c1-32-13-7-10-21(33-2)19(11-13)27-24(29)16-5-3-4-6-20(16)28-25(30)22-14-8-9-15(18-12-17(14)18)23(22)26(28)31/h3-11,14-15,17-18,22-23H,12H2,1-2H3,(H,27,29). The second-order valence-corrected chi connectivity index (χ2v) is 9.20. The molecule has 1 aliphatic heterocycles. The first kappa shape index (κ1) is 20.0. The molecule has 6 unspecified atom stereocenters. The summed E-state index contributed by atoms with van der Waals surface area (Å²) in [4.78, 5) is 41.6. The van der Waals surface area contributed by atoms with Gasteiger partial charge in [-0.1, -0.05) is 24.3 Å². The number of allylic oxidation sites excluding steroid dienone is 2. The lowest BCUT2D eigenvalue weighted by molar-refractivity contribution is -0.124. The summed E-state index contributed by atoms with van der Waals surface area (Å²) in [7, 11) is 3.06. The lowest BCUT2D eigenvalue weighted by atomic mass is 9.63. The van der Waals surface area contributed by atoms with Gasteiger partial charge in [0.1, 0.15) is 11.5 Å². The first-order chi connectivity index (χ1) is 16.0. The summed E-state index contributed by atoms with van der Waals surface area (Å²) in [5, 5.41) is 2.85. The van der Waals surface area contributed by atoms with Crippen molar-refractivity contribution in [3.8, 4) is 11.5 Å². The van der Waals surface area contributed by atoms with Crippen LogP contribution in [0.25, 0.3) is 0 Å². The quantitative estimate of drug-likeness (QED) is 0.564. The average Bonchev–Trinajstić information content (AvgIpc) is 3.62. The molecular weight excluding hydrogens is 420 g/mol. The molecule has 3 amide bonds. The van der Waals surface area contributed by atoms with Gasteiger partial charge in [0.05, 0.1) is 43.0 Å². The third-order valence-electron chi connectivity index (χ3n) is 7.71. The minimum absolute atomic E-state index is 0.133. The highest BCUT2D eigenvalue weighted by molar-refractivity contribution is 6.25. The highest BCUT2D eigenvalue weighted by Gasteiger charge is 2.67. The summed E-state index contributed by atoms with van der Waals surface area (Å²) in [5.41, 5.74) is 1.02. The molecule has 2 saturated carbocycles. The molecule has 0 aromatic heterocycles. The Morgan fingerprint density at radius 3 is 2.24 bits per heavy atom. The average molecular weight is 444 g/mol. The molecule has 1 heterocycles. The predicted octanol–water partition coefficient (Wildman–Crippen LogP) is 3.51. The molecule has 168 valence electrons. The summed E-state index contributed by atoms with van der Waals surface area (Å²) in [6.07, 6.45) is 5.39. The first-order valence-corrected chi connectivity index (χ1v) is 11.2. The van der Waals surface area contributed by atoms with Crippen LogP contribution in [-0.2, 0) is 9.59 Å². The van der Waals surface area contributed by atoms with E-state index < -0.39 is 5.91 Å². The summed E-state index contributed by atoms with van der Waals surface area (Å²) < 4.78 is 10.6. The second kappa shape index (κ2) is 7.20. The van der Waals surface area contributed by atoms with Crippen LogP contribution in [0, 0.1) is 35.5 Å². The Balaban J connectivity index is 1.34. The van der Waals surface area contributed by atoms with E-state index in [1.54, 1.807) is 49.6 Å². The molecule has 5 aliphatic rings. The van der Waals surface area contributed by atoms with E-state index in [0.29, 0.717) is 34.7 Å². The van der Waals surface area contributed by atoms with Gasteiger partial charge < -0.3 is 14.8 Å². The first-order valence-electron chi connectivity index (χ1n) is 11.2. The normalized spacial score (nSPS) is 30.7. The molecule has 0 radical (unpaired) electrons. The molecule has 0 spiro atoms. The fourth-order valence-corrected chi connectivity index (χ4v) is 6.16. The number of carbonyl (C=O) groups excluding carboxylic acids is 3. The molecule has 6 atom stereocenters. The number of benzene rings is 2. The molecule has 1 saturated heterocycles. The zero-order chi connectivity index (χ0) is 22.9. The number of imide groups is 1. The second-order valence-electron chi connectivity index (χ2n) is 9.20. The molecule has 7 nitrogen and oxygen atoms in total. The largest absolute Gasteiger partial charge is 0.497 e. The van der Waals surface area contributed by atoms with Crippen LogP contribution in [0.5, 0.6) is 11.5 Å². The Bertz CT molecular complexity index is 1180. The zero-order valence-corrected chi connectivity index (χ0v) is 18.4. The lowest BCUT2D eigenvalue weighted by Gasteiger charge is -2.37. The van der Waals surface area contributed by atoms with E-state index in [4.69, 9.17) is 9.47 Å². The number of hydrogen-bond acceptors (Lipinski definition) is 5. The smallest absolute Gasteiger partial charge is 0.257 e. The van der Waals surface area contributed by atoms with Gasteiger partial charge >= 0.3 is 0 Å². The Labute approximate surface area is 191 Å². The lowest BCUT2D eigenvalue weighted by Crippen LogP contribution is -2.40. The molecule has 3 fully saturated rings. The number of rotatable bonds is 5. The van der Waals surface area contributed by atoms with Crippen molar-refractivity contribution in [2.24, 2.45) is 35.5 Å². The van der Waals surface area contributed by atoms with E-state index in [1.165, 1.54) is 12.0 Å². The number of nitrogens with one attached hydrogen (secondary N) is 1. The van der Waals surface area contributed by atoms with Gasteiger partial charge in [-0.3, -0.25) is 14.4 Å². The van der Waals surface area contributed by atoms with Crippen LogP contribution < -0.4 is 19.7 Å². The van der Waals surface area contributed by atoms with Gasteiger partial charge in [0.25, 0.3) is 5.91 Å². The Kier molecular flexibility index (Phi) is 4.37. The molecule has 7 heteroatoms. The van der Waals surface area contributed by atoms with Crippen molar-refractivity contribution < 1.29 is 23.9 Å². The van der Waals surface area contributed by atoms with Crippen LogP contribution in [0.3, 0.4) is 0 Å². The van der Waals surface area contributed by atoms with Crippen LogP contribution >= 0.6 is 0 Å². The Morgan fingerprint density at radius 1 is 0.939 bits per heavy atom. The number of amides is 3. The number of carbonyl (C=O) groups is 3. The molecular formula is C26H24N2O5. The molecule has 7 rings (SSSR count). The Hall–Kier alpha value is -3.61. The fraction of sp³-hybridized carbons (Fsp3) is 0.346. The van der Waals surface area contributed by atoms with Gasteiger partial charge in [0.2, 0.25) is 11.8 Å². The molecule has 2 bridgehead atoms. The van der Waals surface area contributed by atoms with Crippen LogP contribution in [0.2, 0.25) is 0 Å². The highest BCUT2D eigenvalue weighted by Crippen LogP contribution is 2.65. The number of ether oxygens (including phenoxy) is 2. The van der Waals surface area contributed by atoms with E-state index >= 15 is 0 Å². The summed E-state index contributed by atoms with van der Waals surface area (Å²) in [5.74, 6) is 0.921. The van der Waals surface area contributed by atoms with Gasteiger partial charge in [-0.25, -0.2) is 4.90 Å². The third-order valence-corrected chi connectivity index (χ3v) is 7.71. The van der Waals surface area contributed by atoms with Gasteiger partial charge in [-0.2, -0.15) is 0 Å². The molecule has 1 N–H and O–H groups in total. The van der Waals surface area contributed by atoms with Crippen LogP contribution in [0.1, 0.15) is 16.8 Å². The van der Waals surface area contributed by atoms with E-state index in [-0.39, 0.29) is 41.0 Å². The summed E-state index contributed by atoms with van der Waals surface area (Å²) >= 11 is 0. The van der Waals surface area contributed by atoms with E-state index in [2.05, 4.69) is 17.5 Å². The van der Waals surface area contributed by atoms with Crippen molar-refractivity contribution in [2.45, 2.75) is 6.42 Å². The molecule has 4 aliphatic carbocycles. The van der Waals surface area contributed by atoms with E-state index in [9.17, 15) is 14.4 Å². The van der Waals surface area contributed by atoms with Crippen LogP contribution in [0.4, 0.5) is 11.4 Å². The van der Waals surface area contributed by atoms with Gasteiger partial charge in [-0.05, 0) is 54.4 Å². The molecule has 2 aromatic carbocycles. The minimum atomic E-state index is -0.434. The molecule has 33 heavy (non-hydrogen) atoms. The predicted molar refractivity (Wildman–Crippen MR) is 121 cm³/mol. The SMILES string of the molecule is COc1ccc(OC)c(NC(=O)c2ccccc2N2C(=O)C3C4C=CC(C5CC45)C3C2=O)c1. The van der Waals surface area contributed by atoms with Crippen molar-refractivity contribution in [3.05, 3.63) is 60.2 Å². The summed E-state index contributed by atoms with van der Waals surface area (Å²) in [6.45, 7) is 0. The van der Waals surface area contributed by atoms with Crippen molar-refractivity contribution in [1.29, 1.82) is 0 Å². The summed E-state index contributed by atoms with van der Waals surface area (Å²) in [6, 6.07) is 11.9. The van der Waals surface area contributed by atoms with Crippen molar-refractivity contribution in [1.82, 2.24) is 0 Å². The van der Waals surface area contributed by atoms with Crippen LogP contribution in [-0.4, -0.2) is 31.9 Å².